The van der Waals surface area contributed by atoms with Gasteiger partial charge in [-0.25, -0.2) is 9.97 Å². The van der Waals surface area contributed by atoms with Crippen LogP contribution in [-0.4, -0.2) is 15.9 Å². The van der Waals surface area contributed by atoms with Crippen LogP contribution in [0.4, 0.5) is 11.6 Å². The molecule has 2 aliphatic rings. The summed E-state index contributed by atoms with van der Waals surface area (Å²) in [6.07, 6.45) is 5.01. The number of amides is 1. The van der Waals surface area contributed by atoms with Crippen molar-refractivity contribution in [2.45, 2.75) is 51.9 Å². The number of pyridine rings is 2. The lowest BCUT2D eigenvalue weighted by atomic mass is 9.85. The summed E-state index contributed by atoms with van der Waals surface area (Å²) < 4.78 is 0. The summed E-state index contributed by atoms with van der Waals surface area (Å²) in [5.74, 6) is 0.937. The van der Waals surface area contributed by atoms with Crippen LogP contribution >= 0.6 is 0 Å². The van der Waals surface area contributed by atoms with Crippen molar-refractivity contribution in [1.29, 1.82) is 5.26 Å². The topological polar surface area (TPSA) is 105 Å². The summed E-state index contributed by atoms with van der Waals surface area (Å²) in [4.78, 5) is 21.6. The lowest BCUT2D eigenvalue weighted by molar-refractivity contribution is -0.117. The molecule has 1 fully saturated rings. The Morgan fingerprint density at radius 2 is 2.16 bits per heavy atom. The molecule has 3 N–H and O–H groups in total. The highest BCUT2D eigenvalue weighted by molar-refractivity contribution is 5.98. The van der Waals surface area contributed by atoms with Crippen LogP contribution in [0.3, 0.4) is 0 Å². The number of carbonyl (C=O) groups excluding carboxylic acids is 1. The molecule has 6 heteroatoms. The van der Waals surface area contributed by atoms with Crippen molar-refractivity contribution in [2.75, 3.05) is 11.1 Å². The van der Waals surface area contributed by atoms with Crippen LogP contribution in [0.2, 0.25) is 0 Å². The van der Waals surface area contributed by atoms with E-state index in [1.165, 1.54) is 22.3 Å². The van der Waals surface area contributed by atoms with Crippen molar-refractivity contribution in [3.63, 3.8) is 0 Å². The number of nitrogens with zero attached hydrogens (tertiary/aromatic N) is 3. The lowest BCUT2D eigenvalue weighted by Crippen LogP contribution is -2.15. The maximum Gasteiger partial charge on any atom is 0.228 e. The Morgan fingerprint density at radius 1 is 1.34 bits per heavy atom. The fourth-order valence-corrected chi connectivity index (χ4v) is 5.09. The molecule has 0 unspecified atom stereocenters. The molecule has 162 valence electrons. The average Bonchev–Trinajstić information content (AvgIpc) is 3.44. The van der Waals surface area contributed by atoms with Crippen molar-refractivity contribution in [3.8, 4) is 17.3 Å². The normalized spacial score (nSPS) is 20.6. The van der Waals surface area contributed by atoms with E-state index in [9.17, 15) is 4.79 Å². The molecule has 0 bridgehead atoms. The first-order valence-corrected chi connectivity index (χ1v) is 11.2. The van der Waals surface area contributed by atoms with Gasteiger partial charge in [0.15, 0.2) is 0 Å². The van der Waals surface area contributed by atoms with E-state index >= 15 is 0 Å². The number of hydrogen-bond donors (Lipinski definition) is 2. The lowest BCUT2D eigenvalue weighted by Gasteiger charge is -2.20. The third-order valence-corrected chi connectivity index (χ3v) is 7.12. The van der Waals surface area contributed by atoms with E-state index in [-0.39, 0.29) is 23.2 Å². The number of nitriles is 1. The van der Waals surface area contributed by atoms with Gasteiger partial charge in [0.05, 0.1) is 11.8 Å². The van der Waals surface area contributed by atoms with Gasteiger partial charge in [-0.1, -0.05) is 26.0 Å². The number of nitrogens with one attached hydrogen (secondary N) is 1. The van der Waals surface area contributed by atoms with Crippen LogP contribution in [0.1, 0.15) is 49.8 Å². The molecule has 1 aromatic carbocycles. The number of hydrogen-bond acceptors (Lipinski definition) is 5. The van der Waals surface area contributed by atoms with Crippen LogP contribution in [0.25, 0.3) is 22.0 Å². The predicted octanol–water partition coefficient (Wildman–Crippen LogP) is 4.90. The first kappa shape index (κ1) is 20.4. The molecule has 2 heterocycles. The molecule has 1 amide bonds. The van der Waals surface area contributed by atoms with Crippen molar-refractivity contribution < 1.29 is 4.79 Å². The number of aryl methyl sites for hydroxylation is 1. The van der Waals surface area contributed by atoms with Crippen molar-refractivity contribution in [3.05, 3.63) is 47.2 Å². The molecule has 6 nitrogen and oxygen atoms in total. The fraction of sp³-hybridized carbons (Fsp3) is 0.385. The minimum Gasteiger partial charge on any atom is -0.383 e. The third kappa shape index (κ3) is 3.38. The van der Waals surface area contributed by atoms with Gasteiger partial charge in [0, 0.05) is 29.5 Å². The Bertz CT molecular complexity index is 1300. The molecule has 2 aliphatic carbocycles. The summed E-state index contributed by atoms with van der Waals surface area (Å²) >= 11 is 0. The van der Waals surface area contributed by atoms with E-state index in [1.54, 1.807) is 6.20 Å². The van der Waals surface area contributed by atoms with Crippen molar-refractivity contribution >= 4 is 28.3 Å². The van der Waals surface area contributed by atoms with Crippen molar-refractivity contribution in [1.82, 2.24) is 9.97 Å². The smallest absolute Gasteiger partial charge is 0.228 e. The van der Waals surface area contributed by atoms with Gasteiger partial charge in [0.25, 0.3) is 0 Å². The van der Waals surface area contributed by atoms with Gasteiger partial charge in [0.1, 0.15) is 11.6 Å². The van der Waals surface area contributed by atoms with E-state index < -0.39 is 0 Å². The highest BCUT2D eigenvalue weighted by atomic mass is 16.2. The second kappa shape index (κ2) is 7.30. The van der Waals surface area contributed by atoms with E-state index in [1.807, 2.05) is 12.1 Å². The Hall–Kier alpha value is -3.46. The molecular formula is C26H27N5O. The largest absolute Gasteiger partial charge is 0.383 e. The summed E-state index contributed by atoms with van der Waals surface area (Å²) in [7, 11) is 0. The first-order valence-electron chi connectivity index (χ1n) is 11.2. The number of carbonyl (C=O) groups is 1. The molecule has 3 aromatic rings. The van der Waals surface area contributed by atoms with Crippen molar-refractivity contribution in [2.24, 2.45) is 11.8 Å². The SMILES string of the molecule is Cc1ccc2c(c1-c1cc3cc(NC(=O)[C@H]4C[C@@H]4CC#N)ncc3c(N)n1)CCC2(C)C. The van der Waals surface area contributed by atoms with Crippen LogP contribution in [0.15, 0.2) is 30.5 Å². The summed E-state index contributed by atoms with van der Waals surface area (Å²) in [6.45, 7) is 6.71. The molecular weight excluding hydrogens is 398 g/mol. The number of benzene rings is 1. The fourth-order valence-electron chi connectivity index (χ4n) is 5.09. The van der Waals surface area contributed by atoms with Gasteiger partial charge < -0.3 is 11.1 Å². The molecule has 5 rings (SSSR count). The number of rotatable bonds is 4. The van der Waals surface area contributed by atoms with E-state index in [2.05, 4.69) is 49.3 Å². The minimum absolute atomic E-state index is 0.0710. The van der Waals surface area contributed by atoms with Gasteiger partial charge in [-0.2, -0.15) is 5.26 Å². The highest BCUT2D eigenvalue weighted by Crippen LogP contribution is 2.44. The molecule has 0 saturated heterocycles. The van der Waals surface area contributed by atoms with Crippen LogP contribution in [0.5, 0.6) is 0 Å². The number of fused-ring (bicyclic) bond motifs is 2. The van der Waals surface area contributed by atoms with E-state index in [0.717, 1.165) is 35.7 Å². The summed E-state index contributed by atoms with van der Waals surface area (Å²) in [6, 6.07) is 10.5. The van der Waals surface area contributed by atoms with Gasteiger partial charge in [0.2, 0.25) is 5.91 Å². The maximum absolute atomic E-state index is 12.5. The average molecular weight is 426 g/mol. The molecule has 0 aliphatic heterocycles. The van der Waals surface area contributed by atoms with E-state index in [0.29, 0.717) is 18.1 Å². The van der Waals surface area contributed by atoms with Crippen LogP contribution in [0, 0.1) is 30.1 Å². The molecule has 1 saturated carbocycles. The quantitative estimate of drug-likeness (QED) is 0.619. The predicted molar refractivity (Wildman–Crippen MR) is 126 cm³/mol. The minimum atomic E-state index is -0.0943. The zero-order chi connectivity index (χ0) is 22.6. The summed E-state index contributed by atoms with van der Waals surface area (Å²) in [5, 5.41) is 13.4. The molecule has 0 radical (unpaired) electrons. The Labute approximate surface area is 187 Å². The second-order valence-corrected chi connectivity index (χ2v) is 9.80. The Balaban J connectivity index is 1.52. The molecule has 2 atom stereocenters. The van der Waals surface area contributed by atoms with Gasteiger partial charge in [-0.15, -0.1) is 0 Å². The Kier molecular flexibility index (Phi) is 4.67. The zero-order valence-electron chi connectivity index (χ0n) is 18.7. The first-order chi connectivity index (χ1) is 15.3. The highest BCUT2D eigenvalue weighted by Gasteiger charge is 2.42. The van der Waals surface area contributed by atoms with Crippen LogP contribution in [-0.2, 0) is 16.6 Å². The standard InChI is InChI=1S/C26H27N5O/c1-14-4-5-20-17(6-8-26(20,2)3)23(14)21-11-16-12-22(29-13-19(16)24(28)30-21)31-25(32)18-10-15(18)7-9-27/h4-5,11-13,15,18H,6-8,10H2,1-3H3,(H2,28,30)(H,29,31,32)/t15-,18-/m0/s1. The number of nitrogen functional groups attached to an aromatic ring is 1. The third-order valence-electron chi connectivity index (χ3n) is 7.12. The maximum atomic E-state index is 12.5. The van der Waals surface area contributed by atoms with Gasteiger partial charge in [-0.05, 0) is 71.7 Å². The van der Waals surface area contributed by atoms with Gasteiger partial charge >= 0.3 is 0 Å². The number of aromatic nitrogens is 2. The second-order valence-electron chi connectivity index (χ2n) is 9.80. The molecule has 2 aromatic heterocycles. The Morgan fingerprint density at radius 3 is 2.94 bits per heavy atom. The number of anilines is 2. The monoisotopic (exact) mass is 425 g/mol. The van der Waals surface area contributed by atoms with E-state index in [4.69, 9.17) is 16.0 Å². The molecule has 32 heavy (non-hydrogen) atoms. The number of nitrogens with two attached hydrogens (primary N) is 1. The van der Waals surface area contributed by atoms with Gasteiger partial charge in [-0.3, -0.25) is 4.79 Å². The van der Waals surface area contributed by atoms with Crippen LogP contribution < -0.4 is 11.1 Å². The zero-order valence-corrected chi connectivity index (χ0v) is 18.7. The summed E-state index contributed by atoms with van der Waals surface area (Å²) in [5.41, 5.74) is 12.5. The molecule has 0 spiro atoms.